The Morgan fingerprint density at radius 1 is 1.21 bits per heavy atom. The molecule has 0 bridgehead atoms. The number of anilines is 1. The zero-order valence-electron chi connectivity index (χ0n) is 15.4. The number of amidine groups is 1. The highest BCUT2D eigenvalue weighted by Crippen LogP contribution is 2.32. The van der Waals surface area contributed by atoms with Crippen molar-refractivity contribution in [2.45, 2.75) is 11.7 Å². The molecule has 7 nitrogen and oxygen atoms in total. The molecule has 2 aromatic carbocycles. The average molecular weight is 399 g/mol. The topological polar surface area (TPSA) is 91.2 Å². The number of ether oxygens (including phenoxy) is 1. The van der Waals surface area contributed by atoms with E-state index < -0.39 is 5.25 Å². The van der Waals surface area contributed by atoms with Crippen LogP contribution in [0.25, 0.3) is 0 Å². The maximum absolute atomic E-state index is 12.7. The molecule has 0 aromatic heterocycles. The van der Waals surface area contributed by atoms with E-state index in [1.54, 1.807) is 18.2 Å². The van der Waals surface area contributed by atoms with Gasteiger partial charge in [-0.2, -0.15) is 0 Å². The summed E-state index contributed by atoms with van der Waals surface area (Å²) in [7, 11) is 1.53. The summed E-state index contributed by atoms with van der Waals surface area (Å²) in [5, 5.41) is 12.0. The van der Waals surface area contributed by atoms with Gasteiger partial charge >= 0.3 is 0 Å². The molecule has 1 unspecified atom stereocenters. The summed E-state index contributed by atoms with van der Waals surface area (Å²) in [6.07, 6.45) is -0.00269. The lowest BCUT2D eigenvalue weighted by Gasteiger charge is -2.14. The van der Waals surface area contributed by atoms with Gasteiger partial charge in [-0.05, 0) is 24.3 Å². The lowest BCUT2D eigenvalue weighted by molar-refractivity contribution is -0.128. The number of rotatable bonds is 7. The van der Waals surface area contributed by atoms with Gasteiger partial charge in [0.1, 0.15) is 11.0 Å². The van der Waals surface area contributed by atoms with E-state index in [-0.39, 0.29) is 31.4 Å². The van der Waals surface area contributed by atoms with Crippen LogP contribution < -0.4 is 10.1 Å². The second kappa shape index (κ2) is 9.38. The molecule has 1 saturated heterocycles. The van der Waals surface area contributed by atoms with Gasteiger partial charge in [0.2, 0.25) is 11.8 Å². The third-order valence-electron chi connectivity index (χ3n) is 4.08. The van der Waals surface area contributed by atoms with Crippen molar-refractivity contribution in [1.29, 1.82) is 0 Å². The Balaban J connectivity index is 1.72. The number of amides is 2. The van der Waals surface area contributed by atoms with Crippen molar-refractivity contribution in [3.8, 4) is 5.75 Å². The highest BCUT2D eigenvalue weighted by atomic mass is 32.2. The smallest absolute Gasteiger partial charge is 0.242 e. The largest absolute Gasteiger partial charge is 0.495 e. The number of methoxy groups -OCH3 is 1. The lowest BCUT2D eigenvalue weighted by atomic mass is 10.2. The van der Waals surface area contributed by atoms with E-state index in [9.17, 15) is 14.7 Å². The van der Waals surface area contributed by atoms with E-state index in [0.717, 1.165) is 0 Å². The minimum Gasteiger partial charge on any atom is -0.495 e. The molecule has 2 aromatic rings. The number of benzene rings is 2. The molecule has 28 heavy (non-hydrogen) atoms. The van der Waals surface area contributed by atoms with Gasteiger partial charge < -0.3 is 15.2 Å². The van der Waals surface area contributed by atoms with Crippen LogP contribution in [0.5, 0.6) is 5.75 Å². The molecule has 1 aliphatic rings. The van der Waals surface area contributed by atoms with Crippen LogP contribution in [0.1, 0.15) is 6.42 Å². The molecule has 0 radical (unpaired) electrons. The second-order valence-electron chi connectivity index (χ2n) is 6.00. The van der Waals surface area contributed by atoms with Crippen molar-refractivity contribution in [3.05, 3.63) is 54.6 Å². The molecule has 1 aliphatic heterocycles. The molecule has 8 heteroatoms. The number of hydrogen-bond donors (Lipinski definition) is 2. The first kappa shape index (κ1) is 19.9. The maximum Gasteiger partial charge on any atom is 0.242 e. The summed E-state index contributed by atoms with van der Waals surface area (Å²) in [4.78, 5) is 31.1. The van der Waals surface area contributed by atoms with Crippen LogP contribution in [0.2, 0.25) is 0 Å². The van der Waals surface area contributed by atoms with E-state index in [0.29, 0.717) is 22.3 Å². The van der Waals surface area contributed by atoms with Gasteiger partial charge in [-0.15, -0.1) is 0 Å². The van der Waals surface area contributed by atoms with E-state index >= 15 is 0 Å². The number of carbonyl (C=O) groups excluding carboxylic acids is 2. The number of aliphatic imine (C=N–C) groups is 1. The third-order valence-corrected chi connectivity index (χ3v) is 5.25. The van der Waals surface area contributed by atoms with Crippen LogP contribution in [0.4, 0.5) is 11.4 Å². The van der Waals surface area contributed by atoms with Crippen LogP contribution >= 0.6 is 11.8 Å². The fourth-order valence-electron chi connectivity index (χ4n) is 2.76. The summed E-state index contributed by atoms with van der Waals surface area (Å²) < 4.78 is 5.23. The number of para-hydroxylation sites is 3. The Morgan fingerprint density at radius 2 is 1.93 bits per heavy atom. The monoisotopic (exact) mass is 399 g/mol. The molecule has 146 valence electrons. The minimum atomic E-state index is -0.594. The summed E-state index contributed by atoms with van der Waals surface area (Å²) in [6.45, 7) is -0.0393. The highest BCUT2D eigenvalue weighted by molar-refractivity contribution is 8.15. The second-order valence-corrected chi connectivity index (χ2v) is 7.17. The first-order valence-corrected chi connectivity index (χ1v) is 9.66. The number of carbonyl (C=O) groups is 2. The quantitative estimate of drug-likeness (QED) is 0.747. The SMILES string of the molecule is COc1ccccc1NC(=O)CC1SC(=Nc2ccccc2)N(CCO)C1=O. The highest BCUT2D eigenvalue weighted by Gasteiger charge is 2.38. The minimum absolute atomic E-state index is 0.00269. The predicted molar refractivity (Wildman–Crippen MR) is 110 cm³/mol. The fraction of sp³-hybridized carbons (Fsp3) is 0.250. The molecular weight excluding hydrogens is 378 g/mol. The van der Waals surface area contributed by atoms with E-state index in [1.807, 2.05) is 36.4 Å². The number of aliphatic hydroxyl groups excluding tert-OH is 1. The van der Waals surface area contributed by atoms with Crippen molar-refractivity contribution in [1.82, 2.24) is 4.90 Å². The third kappa shape index (κ3) is 4.71. The first-order valence-electron chi connectivity index (χ1n) is 8.78. The van der Waals surface area contributed by atoms with Crippen molar-refractivity contribution in [2.75, 3.05) is 25.6 Å². The average Bonchev–Trinajstić information content (AvgIpc) is 2.98. The molecule has 2 N–H and O–H groups in total. The number of nitrogens with one attached hydrogen (secondary N) is 1. The normalized spacial score (nSPS) is 17.8. The van der Waals surface area contributed by atoms with Gasteiger partial charge in [0, 0.05) is 6.42 Å². The molecule has 0 aliphatic carbocycles. The number of β-amino-alcohol motifs (C(OH)–C–C–N with tert-alkyl or cyclic N) is 1. The van der Waals surface area contributed by atoms with Gasteiger partial charge in [0.25, 0.3) is 0 Å². The zero-order valence-corrected chi connectivity index (χ0v) is 16.2. The van der Waals surface area contributed by atoms with Crippen molar-refractivity contribution in [3.63, 3.8) is 0 Å². The van der Waals surface area contributed by atoms with E-state index in [4.69, 9.17) is 4.74 Å². The Morgan fingerprint density at radius 3 is 2.64 bits per heavy atom. The van der Waals surface area contributed by atoms with Crippen molar-refractivity contribution < 1.29 is 19.4 Å². The first-order chi connectivity index (χ1) is 13.6. The summed E-state index contributed by atoms with van der Waals surface area (Å²) in [5.41, 5.74) is 1.26. The molecule has 0 spiro atoms. The van der Waals surface area contributed by atoms with Gasteiger partial charge in [0.15, 0.2) is 5.17 Å². The Hall–Kier alpha value is -2.84. The lowest BCUT2D eigenvalue weighted by Crippen LogP contribution is -2.35. The molecular formula is C20H21N3O4S. The number of nitrogens with zero attached hydrogens (tertiary/aromatic N) is 2. The molecule has 2 amide bonds. The van der Waals surface area contributed by atoms with E-state index in [2.05, 4.69) is 10.3 Å². The van der Waals surface area contributed by atoms with Crippen LogP contribution in [0.3, 0.4) is 0 Å². The van der Waals surface area contributed by atoms with E-state index in [1.165, 1.54) is 23.8 Å². The van der Waals surface area contributed by atoms with Gasteiger partial charge in [-0.25, -0.2) is 4.99 Å². The van der Waals surface area contributed by atoms with Crippen LogP contribution in [0, 0.1) is 0 Å². The summed E-state index contributed by atoms with van der Waals surface area (Å²) in [6, 6.07) is 16.3. The van der Waals surface area contributed by atoms with Gasteiger partial charge in [-0.1, -0.05) is 42.1 Å². The summed E-state index contributed by atoms with van der Waals surface area (Å²) >= 11 is 1.23. The maximum atomic E-state index is 12.7. The van der Waals surface area contributed by atoms with Crippen LogP contribution in [-0.2, 0) is 9.59 Å². The van der Waals surface area contributed by atoms with Crippen LogP contribution in [-0.4, -0.2) is 52.5 Å². The van der Waals surface area contributed by atoms with Crippen molar-refractivity contribution in [2.24, 2.45) is 4.99 Å². The fourth-order valence-corrected chi connectivity index (χ4v) is 3.95. The molecule has 1 fully saturated rings. The number of aliphatic hydroxyl groups is 1. The standard InChI is InChI=1S/C20H21N3O4S/c1-27-16-10-6-5-9-15(16)22-18(25)13-17-19(26)23(11-12-24)20(28-17)21-14-7-3-2-4-8-14/h2-10,17,24H,11-13H2,1H3,(H,22,25). The molecule has 3 rings (SSSR count). The molecule has 1 atom stereocenters. The van der Waals surface area contributed by atoms with Crippen molar-refractivity contribution >= 4 is 40.1 Å². The zero-order chi connectivity index (χ0) is 19.9. The number of hydrogen-bond acceptors (Lipinski definition) is 6. The Kier molecular flexibility index (Phi) is 6.67. The number of thioether (sulfide) groups is 1. The predicted octanol–water partition coefficient (Wildman–Crippen LogP) is 2.65. The van der Waals surface area contributed by atoms with Crippen LogP contribution in [0.15, 0.2) is 59.6 Å². The molecule has 0 saturated carbocycles. The Bertz CT molecular complexity index is 873. The Labute approximate surface area is 167 Å². The van der Waals surface area contributed by atoms with Gasteiger partial charge in [-0.3, -0.25) is 14.5 Å². The molecule has 1 heterocycles. The van der Waals surface area contributed by atoms with Gasteiger partial charge in [0.05, 0.1) is 31.6 Å². The summed E-state index contributed by atoms with van der Waals surface area (Å²) in [5.74, 6) is 0.0265.